The Morgan fingerprint density at radius 3 is 2.71 bits per heavy atom. The molecule has 1 aromatic carbocycles. The standard InChI is InChI=1S/C16H14N4O/c1-10-15-14(11-3-5-12(21-2)6-4-11)18-9-20(15)13-7-8-17-16(13)19-10/h3-9,17H,1-2H3. The van der Waals surface area contributed by atoms with Crippen molar-refractivity contribution in [3.05, 3.63) is 48.5 Å². The molecule has 104 valence electrons. The number of methoxy groups -OCH3 is 1. The number of ether oxygens (including phenoxy) is 1. The molecule has 1 N–H and O–H groups in total. The number of H-pyrrole nitrogens is 1. The molecule has 4 rings (SSSR count). The molecule has 0 spiro atoms. The van der Waals surface area contributed by atoms with Crippen molar-refractivity contribution >= 4 is 16.7 Å². The van der Waals surface area contributed by atoms with Crippen molar-refractivity contribution in [1.29, 1.82) is 0 Å². The molecule has 21 heavy (non-hydrogen) atoms. The molecule has 0 atom stereocenters. The maximum absolute atomic E-state index is 5.20. The van der Waals surface area contributed by atoms with Crippen LogP contribution in [0.15, 0.2) is 42.9 Å². The Morgan fingerprint density at radius 1 is 1.14 bits per heavy atom. The molecule has 0 aliphatic rings. The van der Waals surface area contributed by atoms with Crippen LogP contribution in [0.4, 0.5) is 0 Å². The van der Waals surface area contributed by atoms with Gasteiger partial charge < -0.3 is 9.72 Å². The predicted octanol–water partition coefficient (Wildman–Crippen LogP) is 3.19. The highest BCUT2D eigenvalue weighted by Crippen LogP contribution is 2.28. The van der Waals surface area contributed by atoms with Crippen molar-refractivity contribution in [2.75, 3.05) is 7.11 Å². The normalized spacial score (nSPS) is 11.3. The SMILES string of the molecule is COc1ccc(-c2ncn3c2c(C)nc2[nH]ccc23)cc1. The van der Waals surface area contributed by atoms with Crippen LogP contribution in [-0.4, -0.2) is 26.5 Å². The molecule has 5 heteroatoms. The van der Waals surface area contributed by atoms with E-state index in [0.717, 1.165) is 39.4 Å². The Balaban J connectivity index is 2.00. The van der Waals surface area contributed by atoms with Gasteiger partial charge in [0.2, 0.25) is 0 Å². The molecule has 0 aliphatic heterocycles. The maximum Gasteiger partial charge on any atom is 0.154 e. The summed E-state index contributed by atoms with van der Waals surface area (Å²) in [5, 5.41) is 0. The van der Waals surface area contributed by atoms with E-state index in [4.69, 9.17) is 4.74 Å². The number of rotatable bonds is 2. The Labute approximate surface area is 121 Å². The second-order valence-electron chi connectivity index (χ2n) is 4.95. The first kappa shape index (κ1) is 12.0. The number of aromatic nitrogens is 4. The monoisotopic (exact) mass is 278 g/mol. The van der Waals surface area contributed by atoms with Gasteiger partial charge in [-0.1, -0.05) is 0 Å². The van der Waals surface area contributed by atoms with Gasteiger partial charge >= 0.3 is 0 Å². The minimum atomic E-state index is 0.838. The first-order chi connectivity index (χ1) is 10.3. The minimum absolute atomic E-state index is 0.838. The molecule has 0 fully saturated rings. The number of nitrogens with one attached hydrogen (secondary N) is 1. The summed E-state index contributed by atoms with van der Waals surface area (Å²) in [5.41, 5.74) is 5.88. The number of fused-ring (bicyclic) bond motifs is 3. The van der Waals surface area contributed by atoms with Gasteiger partial charge in [-0.05, 0) is 37.3 Å². The van der Waals surface area contributed by atoms with Crippen molar-refractivity contribution in [1.82, 2.24) is 19.4 Å². The van der Waals surface area contributed by atoms with Gasteiger partial charge in [-0.25, -0.2) is 9.97 Å². The van der Waals surface area contributed by atoms with Crippen LogP contribution in [0.3, 0.4) is 0 Å². The molecule has 0 saturated heterocycles. The minimum Gasteiger partial charge on any atom is -0.497 e. The van der Waals surface area contributed by atoms with Crippen LogP contribution >= 0.6 is 0 Å². The fraction of sp³-hybridized carbons (Fsp3) is 0.125. The summed E-state index contributed by atoms with van der Waals surface area (Å²) >= 11 is 0. The van der Waals surface area contributed by atoms with Crippen molar-refractivity contribution in [2.24, 2.45) is 0 Å². The Morgan fingerprint density at radius 2 is 1.95 bits per heavy atom. The highest BCUT2D eigenvalue weighted by Gasteiger charge is 2.13. The first-order valence-electron chi connectivity index (χ1n) is 6.73. The van der Waals surface area contributed by atoms with Crippen LogP contribution in [0.1, 0.15) is 5.69 Å². The van der Waals surface area contributed by atoms with Crippen LogP contribution in [-0.2, 0) is 0 Å². The van der Waals surface area contributed by atoms with E-state index < -0.39 is 0 Å². The Bertz CT molecular complexity index is 934. The van der Waals surface area contributed by atoms with E-state index in [0.29, 0.717) is 0 Å². The fourth-order valence-corrected chi connectivity index (χ4v) is 2.69. The van der Waals surface area contributed by atoms with Crippen molar-refractivity contribution in [3.63, 3.8) is 0 Å². The van der Waals surface area contributed by atoms with E-state index in [2.05, 4.69) is 19.4 Å². The highest BCUT2D eigenvalue weighted by molar-refractivity contribution is 5.85. The van der Waals surface area contributed by atoms with Crippen LogP contribution in [0.25, 0.3) is 27.9 Å². The Hall–Kier alpha value is -2.82. The lowest BCUT2D eigenvalue weighted by atomic mass is 10.1. The van der Waals surface area contributed by atoms with Crippen molar-refractivity contribution < 1.29 is 4.74 Å². The topological polar surface area (TPSA) is 55.2 Å². The third kappa shape index (κ3) is 1.71. The summed E-state index contributed by atoms with van der Waals surface area (Å²) in [4.78, 5) is 12.3. The number of hydrogen-bond donors (Lipinski definition) is 1. The molecular formula is C16H14N4O. The average molecular weight is 278 g/mol. The number of aromatic amines is 1. The molecule has 3 heterocycles. The lowest BCUT2D eigenvalue weighted by molar-refractivity contribution is 0.415. The van der Waals surface area contributed by atoms with Crippen LogP contribution in [0.2, 0.25) is 0 Å². The van der Waals surface area contributed by atoms with E-state index in [1.54, 1.807) is 7.11 Å². The fourth-order valence-electron chi connectivity index (χ4n) is 2.69. The lowest BCUT2D eigenvalue weighted by Crippen LogP contribution is -1.93. The summed E-state index contributed by atoms with van der Waals surface area (Å²) < 4.78 is 7.28. The quantitative estimate of drug-likeness (QED) is 0.612. The van der Waals surface area contributed by atoms with Gasteiger partial charge in [-0.2, -0.15) is 0 Å². The zero-order valence-corrected chi connectivity index (χ0v) is 11.8. The van der Waals surface area contributed by atoms with E-state index in [9.17, 15) is 0 Å². The lowest BCUT2D eigenvalue weighted by Gasteiger charge is -2.04. The van der Waals surface area contributed by atoms with Gasteiger partial charge in [-0.15, -0.1) is 0 Å². The van der Waals surface area contributed by atoms with Gasteiger partial charge in [0, 0.05) is 11.8 Å². The average Bonchev–Trinajstić information content (AvgIpc) is 3.13. The predicted molar refractivity (Wildman–Crippen MR) is 81.6 cm³/mol. The number of nitrogens with zero attached hydrogens (tertiary/aromatic N) is 3. The first-order valence-corrected chi connectivity index (χ1v) is 6.73. The highest BCUT2D eigenvalue weighted by atomic mass is 16.5. The molecule has 4 aromatic rings. The zero-order valence-electron chi connectivity index (χ0n) is 11.8. The van der Waals surface area contributed by atoms with Crippen LogP contribution < -0.4 is 4.74 Å². The van der Waals surface area contributed by atoms with Gasteiger partial charge in [0.25, 0.3) is 0 Å². The van der Waals surface area contributed by atoms with Crippen molar-refractivity contribution in [3.8, 4) is 17.0 Å². The molecule has 0 aliphatic carbocycles. The number of hydrogen-bond acceptors (Lipinski definition) is 3. The van der Waals surface area contributed by atoms with Crippen LogP contribution in [0, 0.1) is 6.92 Å². The summed E-state index contributed by atoms with van der Waals surface area (Å²) in [6, 6.07) is 9.92. The van der Waals surface area contributed by atoms with Crippen LogP contribution in [0.5, 0.6) is 5.75 Å². The molecule has 3 aromatic heterocycles. The molecule has 0 bridgehead atoms. The second-order valence-corrected chi connectivity index (χ2v) is 4.95. The molecule has 5 nitrogen and oxygen atoms in total. The van der Waals surface area contributed by atoms with E-state index in [1.807, 2.05) is 49.8 Å². The largest absolute Gasteiger partial charge is 0.497 e. The molecule has 0 radical (unpaired) electrons. The summed E-state index contributed by atoms with van der Waals surface area (Å²) in [5.74, 6) is 0.838. The third-order valence-corrected chi connectivity index (χ3v) is 3.72. The smallest absolute Gasteiger partial charge is 0.154 e. The second kappa shape index (κ2) is 4.34. The number of imidazole rings is 1. The van der Waals surface area contributed by atoms with E-state index in [-0.39, 0.29) is 0 Å². The molecular weight excluding hydrogens is 264 g/mol. The summed E-state index contributed by atoms with van der Waals surface area (Å²) in [6.45, 7) is 2.00. The molecule has 0 amide bonds. The number of aryl methyl sites for hydroxylation is 1. The maximum atomic E-state index is 5.20. The molecule has 0 unspecified atom stereocenters. The van der Waals surface area contributed by atoms with Gasteiger partial charge in [0.05, 0.1) is 29.5 Å². The molecule has 0 saturated carbocycles. The third-order valence-electron chi connectivity index (χ3n) is 3.72. The Kier molecular flexibility index (Phi) is 2.47. The zero-order chi connectivity index (χ0) is 14.4. The number of benzene rings is 1. The summed E-state index contributed by atoms with van der Waals surface area (Å²) in [7, 11) is 1.66. The van der Waals surface area contributed by atoms with Gasteiger partial charge in [0.1, 0.15) is 12.1 Å². The van der Waals surface area contributed by atoms with Crippen molar-refractivity contribution in [2.45, 2.75) is 6.92 Å². The van der Waals surface area contributed by atoms with E-state index in [1.165, 1.54) is 0 Å². The van der Waals surface area contributed by atoms with Gasteiger partial charge in [0.15, 0.2) is 5.65 Å². The van der Waals surface area contributed by atoms with E-state index >= 15 is 0 Å². The van der Waals surface area contributed by atoms with Gasteiger partial charge in [-0.3, -0.25) is 4.40 Å². The summed E-state index contributed by atoms with van der Waals surface area (Å²) in [6.07, 6.45) is 3.74.